The van der Waals surface area contributed by atoms with Crippen LogP contribution in [0.5, 0.6) is 0 Å². The molecule has 20 heavy (non-hydrogen) atoms. The van der Waals surface area contributed by atoms with Crippen LogP contribution in [0.15, 0.2) is 0 Å². The molecule has 0 aromatic heterocycles. The highest BCUT2D eigenvalue weighted by Gasteiger charge is 2.25. The molecule has 5 nitrogen and oxygen atoms in total. The Morgan fingerprint density at radius 2 is 2.15 bits per heavy atom. The van der Waals surface area contributed by atoms with E-state index in [0.29, 0.717) is 12.0 Å². The van der Waals surface area contributed by atoms with Gasteiger partial charge in [-0.25, -0.2) is 0 Å². The fourth-order valence-electron chi connectivity index (χ4n) is 3.10. The average molecular weight is 283 g/mol. The zero-order chi connectivity index (χ0) is 14.4. The van der Waals surface area contributed by atoms with Crippen LogP contribution in [-0.4, -0.2) is 62.3 Å². The number of carbonyl (C=O) groups excluding carboxylic acids is 1. The smallest absolute Gasteiger partial charge is 0.237 e. The van der Waals surface area contributed by atoms with Gasteiger partial charge in [0, 0.05) is 25.7 Å². The molecule has 0 spiro atoms. The van der Waals surface area contributed by atoms with Gasteiger partial charge in [-0.3, -0.25) is 9.69 Å². The van der Waals surface area contributed by atoms with Crippen LogP contribution in [-0.2, 0) is 9.53 Å². The van der Waals surface area contributed by atoms with Gasteiger partial charge in [-0.05, 0) is 31.7 Å². The van der Waals surface area contributed by atoms with Gasteiger partial charge < -0.3 is 15.4 Å². The quantitative estimate of drug-likeness (QED) is 0.749. The molecule has 2 aliphatic rings. The highest BCUT2D eigenvalue weighted by molar-refractivity contribution is 5.82. The maximum atomic E-state index is 12.1. The van der Waals surface area contributed by atoms with Crippen molar-refractivity contribution in [2.24, 2.45) is 5.92 Å². The second kappa shape index (κ2) is 7.96. The molecule has 0 aromatic rings. The summed E-state index contributed by atoms with van der Waals surface area (Å²) in [5, 5.41) is 6.40. The van der Waals surface area contributed by atoms with Gasteiger partial charge >= 0.3 is 0 Å². The minimum atomic E-state index is 0.0272. The number of morpholine rings is 1. The second-order valence-electron chi connectivity index (χ2n) is 6.33. The minimum absolute atomic E-state index is 0.0272. The molecule has 0 aromatic carbocycles. The van der Waals surface area contributed by atoms with Crippen LogP contribution in [0, 0.1) is 5.92 Å². The van der Waals surface area contributed by atoms with Gasteiger partial charge in [-0.2, -0.15) is 0 Å². The summed E-state index contributed by atoms with van der Waals surface area (Å²) in [7, 11) is 0. The standard InChI is InChI=1S/C15H29N3O2/c1-12(2)10-13(18-6-8-20-9-7-18)11-17-15(19)14-4-3-5-16-14/h12-14,16H,3-11H2,1-2H3,(H,17,19). The van der Waals surface area contributed by atoms with Crippen LogP contribution < -0.4 is 10.6 Å². The lowest BCUT2D eigenvalue weighted by Crippen LogP contribution is -2.51. The summed E-state index contributed by atoms with van der Waals surface area (Å²) in [6.45, 7) is 9.80. The maximum Gasteiger partial charge on any atom is 0.237 e. The monoisotopic (exact) mass is 283 g/mol. The van der Waals surface area contributed by atoms with Gasteiger partial charge in [0.2, 0.25) is 5.91 Å². The number of hydrogen-bond donors (Lipinski definition) is 2. The van der Waals surface area contributed by atoms with Crippen molar-refractivity contribution in [3.63, 3.8) is 0 Å². The van der Waals surface area contributed by atoms with Crippen molar-refractivity contribution in [1.82, 2.24) is 15.5 Å². The highest BCUT2D eigenvalue weighted by Crippen LogP contribution is 2.13. The van der Waals surface area contributed by atoms with E-state index in [-0.39, 0.29) is 11.9 Å². The summed E-state index contributed by atoms with van der Waals surface area (Å²) >= 11 is 0. The molecule has 0 bridgehead atoms. The number of nitrogens with one attached hydrogen (secondary N) is 2. The molecule has 0 saturated carbocycles. The fraction of sp³-hybridized carbons (Fsp3) is 0.933. The molecule has 2 N–H and O–H groups in total. The molecular weight excluding hydrogens is 254 g/mol. The molecule has 116 valence electrons. The molecule has 1 amide bonds. The van der Waals surface area contributed by atoms with Gasteiger partial charge in [0.1, 0.15) is 0 Å². The Hall–Kier alpha value is -0.650. The van der Waals surface area contributed by atoms with Crippen LogP contribution in [0.25, 0.3) is 0 Å². The van der Waals surface area contributed by atoms with Crippen molar-refractivity contribution in [2.75, 3.05) is 39.4 Å². The largest absolute Gasteiger partial charge is 0.379 e. The van der Waals surface area contributed by atoms with Crippen molar-refractivity contribution in [3.05, 3.63) is 0 Å². The van der Waals surface area contributed by atoms with Crippen molar-refractivity contribution >= 4 is 5.91 Å². The summed E-state index contributed by atoms with van der Waals surface area (Å²) < 4.78 is 5.42. The molecular formula is C15H29N3O2. The number of amides is 1. The summed E-state index contributed by atoms with van der Waals surface area (Å²) in [6.07, 6.45) is 3.20. The lowest BCUT2D eigenvalue weighted by Gasteiger charge is -2.35. The third kappa shape index (κ3) is 4.72. The van der Waals surface area contributed by atoms with E-state index in [1.54, 1.807) is 0 Å². The molecule has 0 aliphatic carbocycles. The van der Waals surface area contributed by atoms with Crippen molar-refractivity contribution in [2.45, 2.75) is 45.2 Å². The van der Waals surface area contributed by atoms with E-state index in [9.17, 15) is 4.79 Å². The topological polar surface area (TPSA) is 53.6 Å². The number of rotatable bonds is 6. The fourth-order valence-corrected chi connectivity index (χ4v) is 3.10. The summed E-state index contributed by atoms with van der Waals surface area (Å²) in [6, 6.07) is 0.462. The summed E-state index contributed by atoms with van der Waals surface area (Å²) in [5.41, 5.74) is 0. The zero-order valence-corrected chi connectivity index (χ0v) is 12.9. The predicted molar refractivity (Wildman–Crippen MR) is 79.7 cm³/mol. The predicted octanol–water partition coefficient (Wildman–Crippen LogP) is 0.602. The molecule has 2 rings (SSSR count). The lowest BCUT2D eigenvalue weighted by atomic mass is 10.0. The number of hydrogen-bond acceptors (Lipinski definition) is 4. The van der Waals surface area contributed by atoms with Crippen molar-refractivity contribution in [3.8, 4) is 0 Å². The molecule has 2 saturated heterocycles. The average Bonchev–Trinajstić information content (AvgIpc) is 2.98. The van der Waals surface area contributed by atoms with E-state index in [1.807, 2.05) is 0 Å². The van der Waals surface area contributed by atoms with E-state index >= 15 is 0 Å². The first-order valence-electron chi connectivity index (χ1n) is 7.99. The molecule has 5 heteroatoms. The Balaban J connectivity index is 1.81. The highest BCUT2D eigenvalue weighted by atomic mass is 16.5. The van der Waals surface area contributed by atoms with Crippen LogP contribution >= 0.6 is 0 Å². The third-order valence-electron chi connectivity index (χ3n) is 4.19. The van der Waals surface area contributed by atoms with E-state index in [0.717, 1.165) is 58.7 Å². The first-order chi connectivity index (χ1) is 9.66. The number of ether oxygens (including phenoxy) is 1. The minimum Gasteiger partial charge on any atom is -0.379 e. The lowest BCUT2D eigenvalue weighted by molar-refractivity contribution is -0.123. The SMILES string of the molecule is CC(C)CC(CNC(=O)C1CCCN1)N1CCOCC1. The molecule has 2 heterocycles. The van der Waals surface area contributed by atoms with E-state index in [4.69, 9.17) is 4.74 Å². The third-order valence-corrected chi connectivity index (χ3v) is 4.19. The van der Waals surface area contributed by atoms with Gasteiger partial charge in [0.05, 0.1) is 19.3 Å². The van der Waals surface area contributed by atoms with Gasteiger partial charge in [-0.1, -0.05) is 13.8 Å². The van der Waals surface area contributed by atoms with Gasteiger partial charge in [0.15, 0.2) is 0 Å². The zero-order valence-electron chi connectivity index (χ0n) is 12.9. The molecule has 2 atom stereocenters. The Labute approximate surface area is 122 Å². The normalized spacial score (nSPS) is 25.9. The first-order valence-corrected chi connectivity index (χ1v) is 7.99. The summed E-state index contributed by atoms with van der Waals surface area (Å²) in [4.78, 5) is 14.6. The van der Waals surface area contributed by atoms with Crippen molar-refractivity contribution in [1.29, 1.82) is 0 Å². The second-order valence-corrected chi connectivity index (χ2v) is 6.33. The number of carbonyl (C=O) groups is 1. The summed E-state index contributed by atoms with van der Waals surface area (Å²) in [5.74, 6) is 0.814. The van der Waals surface area contributed by atoms with E-state index < -0.39 is 0 Å². The maximum absolute atomic E-state index is 12.1. The number of nitrogens with zero attached hydrogens (tertiary/aromatic N) is 1. The van der Waals surface area contributed by atoms with Crippen LogP contribution in [0.2, 0.25) is 0 Å². The molecule has 2 aliphatic heterocycles. The Bertz CT molecular complexity index is 297. The molecule has 2 unspecified atom stereocenters. The molecule has 2 fully saturated rings. The molecule has 0 radical (unpaired) electrons. The van der Waals surface area contributed by atoms with E-state index in [1.165, 1.54) is 0 Å². The Kier molecular flexibility index (Phi) is 6.26. The van der Waals surface area contributed by atoms with E-state index in [2.05, 4.69) is 29.4 Å². The Morgan fingerprint density at radius 3 is 2.75 bits per heavy atom. The first kappa shape index (κ1) is 15.7. The van der Waals surface area contributed by atoms with Crippen molar-refractivity contribution < 1.29 is 9.53 Å². The Morgan fingerprint density at radius 1 is 1.40 bits per heavy atom. The van der Waals surface area contributed by atoms with Crippen LogP contribution in [0.1, 0.15) is 33.1 Å². The van der Waals surface area contributed by atoms with Gasteiger partial charge in [0.25, 0.3) is 0 Å². The van der Waals surface area contributed by atoms with Crippen LogP contribution in [0.4, 0.5) is 0 Å². The van der Waals surface area contributed by atoms with Crippen LogP contribution in [0.3, 0.4) is 0 Å². The van der Waals surface area contributed by atoms with Gasteiger partial charge in [-0.15, -0.1) is 0 Å².